The second-order valence-electron chi connectivity index (χ2n) is 2.00. The van der Waals surface area contributed by atoms with Crippen LogP contribution in [-0.4, -0.2) is 6.54 Å². The minimum absolute atomic E-state index is 0.264. The fourth-order valence-corrected chi connectivity index (χ4v) is 0.896. The molecule has 0 bridgehead atoms. The first-order valence-corrected chi connectivity index (χ1v) is 3.57. The summed E-state index contributed by atoms with van der Waals surface area (Å²) in [5.41, 5.74) is 0.709. The van der Waals surface area contributed by atoms with Gasteiger partial charge in [0.2, 0.25) is 0 Å². The van der Waals surface area contributed by atoms with E-state index in [1.54, 1.807) is 24.3 Å². The van der Waals surface area contributed by atoms with Gasteiger partial charge in [0.1, 0.15) is 0 Å². The van der Waals surface area contributed by atoms with E-state index in [0.29, 0.717) is 10.7 Å². The quantitative estimate of drug-likeness (QED) is 0.666. The van der Waals surface area contributed by atoms with Crippen molar-refractivity contribution in [2.75, 3.05) is 11.9 Å². The Morgan fingerprint density at radius 1 is 1.73 bits per heavy atom. The number of nitrogens with one attached hydrogen (secondary N) is 1. The molecule has 0 aromatic heterocycles. The Morgan fingerprint density at radius 2 is 2.55 bits per heavy atom. The molecule has 0 unspecified atom stereocenters. The number of terminal acetylenes is 1. The zero-order chi connectivity index (χ0) is 8.97. The van der Waals surface area contributed by atoms with Crippen LogP contribution in [0.4, 0.5) is 5.69 Å². The maximum atomic E-state index is 7.44. The van der Waals surface area contributed by atoms with Gasteiger partial charge in [0.25, 0.3) is 0 Å². The molecule has 0 aliphatic heterocycles. The standard InChI is InChI=1S/C9H8ClN/c1-2-6-11-9-5-3-4-8(10)7-9/h1,3-5,7,11H,6H2/i/hD. The van der Waals surface area contributed by atoms with Crippen LogP contribution in [0.5, 0.6) is 0 Å². The number of benzene rings is 1. The fourth-order valence-electron chi connectivity index (χ4n) is 0.711. The highest BCUT2D eigenvalue weighted by atomic mass is 35.5. The molecular weight excluding hydrogens is 158 g/mol. The Hall–Kier alpha value is -1.13. The van der Waals surface area contributed by atoms with Crippen molar-refractivity contribution < 1.29 is 1.41 Å². The predicted molar refractivity (Wildman–Crippen MR) is 48.8 cm³/mol. The molecule has 0 aliphatic rings. The largest absolute Gasteiger partial charge is 0.374 e. The Bertz CT molecular complexity index is 306. The molecule has 1 aromatic rings. The highest BCUT2D eigenvalue weighted by Crippen LogP contribution is 2.13. The van der Waals surface area contributed by atoms with Gasteiger partial charge in [0.05, 0.1) is 6.54 Å². The van der Waals surface area contributed by atoms with Gasteiger partial charge in [-0.05, 0) is 18.2 Å². The molecule has 11 heavy (non-hydrogen) atoms. The van der Waals surface area contributed by atoms with Crippen LogP contribution in [0.15, 0.2) is 24.3 Å². The average molecular weight is 167 g/mol. The van der Waals surface area contributed by atoms with E-state index in [0.717, 1.165) is 0 Å². The summed E-state index contributed by atoms with van der Waals surface area (Å²) in [6.45, 7) is 0.264. The molecule has 0 saturated carbocycles. The van der Waals surface area contributed by atoms with Crippen molar-refractivity contribution in [1.29, 1.82) is 0 Å². The molecule has 2 heteroatoms. The van der Waals surface area contributed by atoms with Gasteiger partial charge in [-0.15, -0.1) is 6.42 Å². The summed E-state index contributed by atoms with van der Waals surface area (Å²) in [4.78, 5) is 0. The number of hydrogen-bond acceptors (Lipinski definition) is 1. The van der Waals surface area contributed by atoms with Gasteiger partial charge in [-0.3, -0.25) is 0 Å². The molecule has 0 spiro atoms. The molecule has 0 amide bonds. The van der Waals surface area contributed by atoms with E-state index in [-0.39, 0.29) is 6.54 Å². The molecule has 56 valence electrons. The Balaban J connectivity index is 2.82. The number of hydrogen-bond donors (Lipinski definition) is 1. The third kappa shape index (κ3) is 2.53. The van der Waals surface area contributed by atoms with Crippen LogP contribution in [-0.2, 0) is 0 Å². The first kappa shape index (κ1) is 6.57. The maximum absolute atomic E-state index is 7.44. The summed E-state index contributed by atoms with van der Waals surface area (Å²) in [6.07, 6.45) is 5.06. The van der Waals surface area contributed by atoms with Crippen LogP contribution in [0.2, 0.25) is 6.43 Å². The second kappa shape index (κ2) is 3.90. The molecule has 0 heterocycles. The summed E-state index contributed by atoms with van der Waals surface area (Å²) >= 11 is 5.73. The van der Waals surface area contributed by atoms with E-state index in [2.05, 4.69) is 5.92 Å². The van der Waals surface area contributed by atoms with Crippen LogP contribution >= 0.6 is 11.6 Å². The van der Waals surface area contributed by atoms with Crippen LogP contribution in [0, 0.1) is 12.3 Å². The van der Waals surface area contributed by atoms with Crippen molar-refractivity contribution in [3.05, 3.63) is 29.3 Å². The molecule has 1 rings (SSSR count). The lowest BCUT2D eigenvalue weighted by atomic mass is 10.3. The summed E-state index contributed by atoms with van der Waals surface area (Å²) in [5.74, 6) is 2.38. The first-order valence-electron chi connectivity index (χ1n) is 3.64. The third-order valence-corrected chi connectivity index (χ3v) is 1.40. The molecule has 0 radical (unpaired) electrons. The monoisotopic (exact) mass is 166 g/mol. The molecule has 0 fully saturated rings. The van der Waals surface area contributed by atoms with Gasteiger partial charge in [-0.2, -0.15) is 0 Å². The molecule has 0 atom stereocenters. The molecular formula is C9H8ClN. The zero-order valence-corrected chi connectivity index (χ0v) is 6.67. The lowest BCUT2D eigenvalue weighted by Gasteiger charge is -2.00. The SMILES string of the molecule is [2H]N(CC#C)c1cccc(Cl)c1. The second-order valence-corrected chi connectivity index (χ2v) is 2.44. The van der Waals surface area contributed by atoms with Crippen molar-refractivity contribution >= 4 is 17.3 Å². The number of rotatable bonds is 2. The summed E-state index contributed by atoms with van der Waals surface area (Å²) < 4.78 is 7.44. The smallest absolute Gasteiger partial charge is 0.161 e. The highest BCUT2D eigenvalue weighted by Gasteiger charge is 1.89. The summed E-state index contributed by atoms with van der Waals surface area (Å²) in [7, 11) is 0. The van der Waals surface area contributed by atoms with Crippen molar-refractivity contribution in [2.45, 2.75) is 0 Å². The Kier molecular flexibility index (Phi) is 2.33. The lowest BCUT2D eigenvalue weighted by Crippen LogP contribution is -1.97. The van der Waals surface area contributed by atoms with E-state index in [4.69, 9.17) is 19.4 Å². The van der Waals surface area contributed by atoms with Gasteiger partial charge in [0.15, 0.2) is 1.41 Å². The normalized spacial score (nSPS) is 10.0. The highest BCUT2D eigenvalue weighted by molar-refractivity contribution is 6.30. The van der Waals surface area contributed by atoms with Crippen molar-refractivity contribution in [2.24, 2.45) is 0 Å². The molecule has 0 aliphatic carbocycles. The van der Waals surface area contributed by atoms with Crippen LogP contribution in [0.25, 0.3) is 0 Å². The minimum Gasteiger partial charge on any atom is -0.374 e. The van der Waals surface area contributed by atoms with Gasteiger partial charge in [-0.25, -0.2) is 0 Å². The van der Waals surface area contributed by atoms with Crippen molar-refractivity contribution in [3.63, 3.8) is 0 Å². The van der Waals surface area contributed by atoms with Gasteiger partial charge in [-0.1, -0.05) is 23.6 Å². The molecule has 0 saturated heterocycles. The van der Waals surface area contributed by atoms with Crippen LogP contribution in [0.1, 0.15) is 0 Å². The molecule has 1 nitrogen and oxygen atoms in total. The topological polar surface area (TPSA) is 12.0 Å². The predicted octanol–water partition coefficient (Wildman–Crippen LogP) is 2.39. The first-order chi connectivity index (χ1) is 5.74. The fraction of sp³-hybridized carbons (Fsp3) is 0.111. The van der Waals surface area contributed by atoms with Gasteiger partial charge >= 0.3 is 0 Å². The summed E-state index contributed by atoms with van der Waals surface area (Å²) in [5, 5.41) is 1.83. The van der Waals surface area contributed by atoms with E-state index in [1.807, 2.05) is 0 Å². The van der Waals surface area contributed by atoms with E-state index in [1.165, 1.54) is 5.31 Å². The lowest BCUT2D eigenvalue weighted by molar-refractivity contribution is 1.38. The van der Waals surface area contributed by atoms with Gasteiger partial charge < -0.3 is 5.31 Å². The third-order valence-electron chi connectivity index (χ3n) is 1.16. The number of halogens is 1. The maximum Gasteiger partial charge on any atom is 0.161 e. The van der Waals surface area contributed by atoms with Gasteiger partial charge in [0, 0.05) is 10.7 Å². The van der Waals surface area contributed by atoms with Crippen molar-refractivity contribution in [1.82, 2.24) is 0 Å². The van der Waals surface area contributed by atoms with E-state index in [9.17, 15) is 0 Å². The average Bonchev–Trinajstić information content (AvgIpc) is 2.05. The number of anilines is 1. The molecule has 1 aromatic carbocycles. The van der Waals surface area contributed by atoms with Crippen LogP contribution in [0.3, 0.4) is 0 Å². The minimum atomic E-state index is 0.264. The Morgan fingerprint density at radius 3 is 3.18 bits per heavy atom. The van der Waals surface area contributed by atoms with Crippen LogP contribution < -0.4 is 5.31 Å². The zero-order valence-electron chi connectivity index (χ0n) is 6.92. The summed E-state index contributed by atoms with van der Waals surface area (Å²) in [6, 6.07) is 7.03. The van der Waals surface area contributed by atoms with E-state index < -0.39 is 0 Å². The molecule has 1 N–H and O–H groups in total. The van der Waals surface area contributed by atoms with Crippen molar-refractivity contribution in [3.8, 4) is 12.3 Å². The Labute approximate surface area is 72.8 Å². The van der Waals surface area contributed by atoms with E-state index >= 15 is 0 Å².